The molecule has 1 aromatic heterocycles. The molecule has 2 N–H and O–H groups in total. The molecule has 6 heteroatoms. The molecule has 1 heterocycles. The molecule has 122 valence electrons. The number of nitrogens with zero attached hydrogens (tertiary/aromatic N) is 1. The molecule has 0 aliphatic heterocycles. The van der Waals surface area contributed by atoms with Crippen molar-refractivity contribution in [2.45, 2.75) is 6.61 Å². The zero-order valence-corrected chi connectivity index (χ0v) is 12.5. The van der Waals surface area contributed by atoms with Crippen molar-refractivity contribution in [1.82, 2.24) is 4.98 Å². The minimum absolute atomic E-state index is 0.0950. The summed E-state index contributed by atoms with van der Waals surface area (Å²) in [5, 5.41) is 0. The number of aromatic nitrogens is 1. The third-order valence-corrected chi connectivity index (χ3v) is 3.47. The van der Waals surface area contributed by atoms with Crippen molar-refractivity contribution in [1.29, 1.82) is 0 Å². The van der Waals surface area contributed by atoms with Gasteiger partial charge in [-0.25, -0.2) is 18.2 Å². The first-order valence-corrected chi connectivity index (χ1v) is 7.12. The highest BCUT2D eigenvalue weighted by molar-refractivity contribution is 5.66. The molecule has 3 nitrogen and oxygen atoms in total. The fourth-order valence-electron chi connectivity index (χ4n) is 2.22. The van der Waals surface area contributed by atoms with E-state index in [4.69, 9.17) is 10.5 Å². The number of benzene rings is 2. The summed E-state index contributed by atoms with van der Waals surface area (Å²) in [6, 6.07) is 12.2. The molecule has 3 aromatic rings. The van der Waals surface area contributed by atoms with Crippen molar-refractivity contribution in [3.8, 4) is 16.9 Å². The van der Waals surface area contributed by atoms with E-state index in [-0.39, 0.29) is 17.1 Å². The lowest BCUT2D eigenvalue weighted by atomic mass is 10.1. The predicted octanol–water partition coefficient (Wildman–Crippen LogP) is 4.33. The van der Waals surface area contributed by atoms with Crippen molar-refractivity contribution in [3.63, 3.8) is 0 Å². The number of hydrogen-bond acceptors (Lipinski definition) is 3. The van der Waals surface area contributed by atoms with Gasteiger partial charge in [-0.3, -0.25) is 0 Å². The number of anilines is 1. The summed E-state index contributed by atoms with van der Waals surface area (Å²) in [5.74, 6) is -2.73. The lowest BCUT2D eigenvalue weighted by molar-refractivity contribution is 0.292. The lowest BCUT2D eigenvalue weighted by Crippen LogP contribution is -2.05. The minimum atomic E-state index is -1.02. The van der Waals surface area contributed by atoms with Crippen LogP contribution in [0.4, 0.5) is 19.0 Å². The monoisotopic (exact) mass is 330 g/mol. The first-order chi connectivity index (χ1) is 11.5. The largest absolute Gasteiger partial charge is 0.485 e. The fourth-order valence-corrected chi connectivity index (χ4v) is 2.22. The van der Waals surface area contributed by atoms with Gasteiger partial charge in [-0.05, 0) is 11.6 Å². The van der Waals surface area contributed by atoms with Crippen LogP contribution in [0.2, 0.25) is 0 Å². The molecule has 0 saturated carbocycles. The number of nitrogens with two attached hydrogens (primary N) is 1. The second-order valence-corrected chi connectivity index (χ2v) is 5.11. The second-order valence-electron chi connectivity index (χ2n) is 5.11. The van der Waals surface area contributed by atoms with Gasteiger partial charge in [-0.2, -0.15) is 0 Å². The van der Waals surface area contributed by atoms with Crippen LogP contribution in [0.5, 0.6) is 5.75 Å². The molecule has 0 fully saturated rings. The van der Waals surface area contributed by atoms with Gasteiger partial charge in [0.1, 0.15) is 24.1 Å². The lowest BCUT2D eigenvalue weighted by Gasteiger charge is -2.11. The third kappa shape index (κ3) is 3.32. The van der Waals surface area contributed by atoms with E-state index in [0.29, 0.717) is 12.1 Å². The quantitative estimate of drug-likeness (QED) is 0.775. The number of nitrogen functional groups attached to an aromatic ring is 1. The average Bonchev–Trinajstić information content (AvgIpc) is 2.56. The van der Waals surface area contributed by atoms with Gasteiger partial charge in [-0.15, -0.1) is 0 Å². The zero-order valence-electron chi connectivity index (χ0n) is 12.5. The van der Waals surface area contributed by atoms with Crippen molar-refractivity contribution < 1.29 is 17.9 Å². The molecule has 0 aliphatic carbocycles. The van der Waals surface area contributed by atoms with E-state index in [2.05, 4.69) is 4.98 Å². The van der Waals surface area contributed by atoms with E-state index >= 15 is 0 Å². The molecule has 0 unspecified atom stereocenters. The van der Waals surface area contributed by atoms with Crippen molar-refractivity contribution in [3.05, 3.63) is 77.7 Å². The standard InChI is InChI=1S/C18H13F3N2O/c19-13-7-15(20)14(16(21)8-13)10-24-17-6-12(9-23-18(17)22)11-4-2-1-3-5-11/h1-9H,10H2,(H2,22,23). The minimum Gasteiger partial charge on any atom is -0.485 e. The summed E-state index contributed by atoms with van der Waals surface area (Å²) < 4.78 is 45.6. The van der Waals surface area contributed by atoms with Crippen molar-refractivity contribution in [2.24, 2.45) is 0 Å². The molecule has 24 heavy (non-hydrogen) atoms. The van der Waals surface area contributed by atoms with Gasteiger partial charge in [0.05, 0.1) is 5.56 Å². The SMILES string of the molecule is Nc1ncc(-c2ccccc2)cc1OCc1c(F)cc(F)cc1F. The number of halogens is 3. The zero-order chi connectivity index (χ0) is 17.1. The Morgan fingerprint density at radius 3 is 2.25 bits per heavy atom. The van der Waals surface area contributed by atoms with E-state index in [1.807, 2.05) is 30.3 Å². The molecule has 0 saturated heterocycles. The first kappa shape index (κ1) is 15.9. The summed E-state index contributed by atoms with van der Waals surface area (Å²) in [5.41, 5.74) is 7.02. The summed E-state index contributed by atoms with van der Waals surface area (Å²) in [6.07, 6.45) is 1.58. The summed E-state index contributed by atoms with van der Waals surface area (Å²) >= 11 is 0. The summed E-state index contributed by atoms with van der Waals surface area (Å²) in [6.45, 7) is -0.429. The van der Waals surface area contributed by atoms with Crippen molar-refractivity contribution in [2.75, 3.05) is 5.73 Å². The maximum atomic E-state index is 13.7. The average molecular weight is 330 g/mol. The van der Waals surface area contributed by atoms with Crippen LogP contribution in [-0.4, -0.2) is 4.98 Å². The molecule has 3 rings (SSSR count). The van der Waals surface area contributed by atoms with Gasteiger partial charge in [0.2, 0.25) is 0 Å². The van der Waals surface area contributed by atoms with Gasteiger partial charge in [-0.1, -0.05) is 30.3 Å². The molecular formula is C18H13F3N2O. The second kappa shape index (κ2) is 6.62. The molecule has 0 radical (unpaired) electrons. The number of ether oxygens (including phenoxy) is 1. The van der Waals surface area contributed by atoms with E-state index in [1.54, 1.807) is 12.3 Å². The molecule has 0 atom stereocenters. The van der Waals surface area contributed by atoms with Gasteiger partial charge < -0.3 is 10.5 Å². The first-order valence-electron chi connectivity index (χ1n) is 7.12. The predicted molar refractivity (Wildman–Crippen MR) is 84.7 cm³/mol. The Bertz CT molecular complexity index is 846. The Hall–Kier alpha value is -3.02. The number of rotatable bonds is 4. The Labute approximate surface area is 136 Å². The maximum absolute atomic E-state index is 13.7. The molecule has 0 amide bonds. The Morgan fingerprint density at radius 1 is 0.917 bits per heavy atom. The van der Waals surface area contributed by atoms with Crippen LogP contribution >= 0.6 is 0 Å². The Morgan fingerprint density at radius 2 is 1.58 bits per heavy atom. The molecule has 2 aromatic carbocycles. The van der Waals surface area contributed by atoms with Gasteiger partial charge in [0, 0.05) is 23.9 Å². The smallest absolute Gasteiger partial charge is 0.166 e. The van der Waals surface area contributed by atoms with Crippen LogP contribution in [0.3, 0.4) is 0 Å². The van der Waals surface area contributed by atoms with Crippen LogP contribution in [0.1, 0.15) is 5.56 Å². The maximum Gasteiger partial charge on any atom is 0.166 e. The van der Waals surface area contributed by atoms with E-state index in [1.165, 1.54) is 0 Å². The fraction of sp³-hybridized carbons (Fsp3) is 0.0556. The van der Waals surface area contributed by atoms with Crippen LogP contribution in [0, 0.1) is 17.5 Å². The topological polar surface area (TPSA) is 48.1 Å². The molecule has 0 spiro atoms. The van der Waals surface area contributed by atoms with E-state index < -0.39 is 24.1 Å². The van der Waals surface area contributed by atoms with Crippen LogP contribution < -0.4 is 10.5 Å². The molecule has 0 aliphatic rings. The number of hydrogen-bond donors (Lipinski definition) is 1. The highest BCUT2D eigenvalue weighted by Crippen LogP contribution is 2.28. The number of pyridine rings is 1. The van der Waals surface area contributed by atoms with Gasteiger partial charge in [0.15, 0.2) is 11.6 Å². The summed E-state index contributed by atoms with van der Waals surface area (Å²) in [4.78, 5) is 4.03. The highest BCUT2D eigenvalue weighted by atomic mass is 19.1. The summed E-state index contributed by atoms with van der Waals surface area (Å²) in [7, 11) is 0. The normalized spacial score (nSPS) is 10.6. The molecular weight excluding hydrogens is 317 g/mol. The van der Waals surface area contributed by atoms with Gasteiger partial charge in [0.25, 0.3) is 0 Å². The van der Waals surface area contributed by atoms with E-state index in [0.717, 1.165) is 11.1 Å². The van der Waals surface area contributed by atoms with Crippen LogP contribution in [0.15, 0.2) is 54.7 Å². The van der Waals surface area contributed by atoms with E-state index in [9.17, 15) is 13.2 Å². The highest BCUT2D eigenvalue weighted by Gasteiger charge is 2.13. The van der Waals surface area contributed by atoms with Crippen LogP contribution in [0.25, 0.3) is 11.1 Å². The van der Waals surface area contributed by atoms with Gasteiger partial charge >= 0.3 is 0 Å². The van der Waals surface area contributed by atoms with Crippen LogP contribution in [-0.2, 0) is 6.61 Å². The van der Waals surface area contributed by atoms with Crippen molar-refractivity contribution >= 4 is 5.82 Å². The molecule has 0 bridgehead atoms. The Kier molecular flexibility index (Phi) is 4.37. The Balaban J connectivity index is 1.86. The third-order valence-electron chi connectivity index (χ3n) is 3.47.